The summed E-state index contributed by atoms with van der Waals surface area (Å²) < 4.78 is 5.56. The molecule has 0 bridgehead atoms. The van der Waals surface area contributed by atoms with Crippen molar-refractivity contribution in [3.05, 3.63) is 29.8 Å². The third-order valence-corrected chi connectivity index (χ3v) is 3.56. The van der Waals surface area contributed by atoms with E-state index in [4.69, 9.17) is 9.84 Å². The number of rotatable bonds is 9. The first-order chi connectivity index (χ1) is 9.13. The molecule has 0 aliphatic rings. The fourth-order valence-electron chi connectivity index (χ4n) is 1.88. The molecule has 3 heteroatoms. The van der Waals surface area contributed by atoms with Gasteiger partial charge in [-0.25, -0.2) is 0 Å². The lowest BCUT2D eigenvalue weighted by molar-refractivity contribution is 0.214. The Kier molecular flexibility index (Phi) is 6.89. The minimum atomic E-state index is 0.00608. The third kappa shape index (κ3) is 5.62. The van der Waals surface area contributed by atoms with Crippen molar-refractivity contribution in [1.29, 1.82) is 0 Å². The van der Waals surface area contributed by atoms with Crippen LogP contribution in [0, 0.1) is 0 Å². The Morgan fingerprint density at radius 3 is 2.42 bits per heavy atom. The van der Waals surface area contributed by atoms with Crippen LogP contribution in [0.25, 0.3) is 0 Å². The van der Waals surface area contributed by atoms with Gasteiger partial charge in [0.1, 0.15) is 5.75 Å². The van der Waals surface area contributed by atoms with Crippen molar-refractivity contribution in [2.24, 2.45) is 0 Å². The molecule has 1 atom stereocenters. The summed E-state index contributed by atoms with van der Waals surface area (Å²) in [7, 11) is 0. The summed E-state index contributed by atoms with van der Waals surface area (Å²) in [5.74, 6) is 0.930. The highest BCUT2D eigenvalue weighted by molar-refractivity contribution is 5.27. The predicted molar refractivity (Wildman–Crippen MR) is 79.5 cm³/mol. The van der Waals surface area contributed by atoms with E-state index in [1.807, 2.05) is 12.1 Å². The summed E-state index contributed by atoms with van der Waals surface area (Å²) in [6.07, 6.45) is 2.81. The van der Waals surface area contributed by atoms with E-state index in [0.717, 1.165) is 38.2 Å². The molecule has 0 amide bonds. The van der Waals surface area contributed by atoms with Crippen LogP contribution in [0.1, 0.15) is 45.6 Å². The normalized spacial score (nSPS) is 14.1. The van der Waals surface area contributed by atoms with Crippen LogP contribution < -0.4 is 10.1 Å². The molecule has 1 rings (SSSR count). The molecule has 19 heavy (non-hydrogen) atoms. The molecule has 1 unspecified atom stereocenters. The molecule has 3 nitrogen and oxygen atoms in total. The first kappa shape index (κ1) is 16.0. The van der Waals surface area contributed by atoms with Crippen LogP contribution in [0.5, 0.6) is 5.75 Å². The number of benzene rings is 1. The Morgan fingerprint density at radius 2 is 1.89 bits per heavy atom. The summed E-state index contributed by atoms with van der Waals surface area (Å²) >= 11 is 0. The second-order valence-electron chi connectivity index (χ2n) is 5.23. The highest BCUT2D eigenvalue weighted by Gasteiger charge is 2.19. The Morgan fingerprint density at radius 1 is 1.21 bits per heavy atom. The van der Waals surface area contributed by atoms with Crippen LogP contribution in [0.3, 0.4) is 0 Å². The first-order valence-corrected chi connectivity index (χ1v) is 7.21. The van der Waals surface area contributed by atoms with Crippen LogP contribution in [-0.4, -0.2) is 23.9 Å². The number of hydrogen-bond donors (Lipinski definition) is 2. The molecule has 108 valence electrons. The third-order valence-electron chi connectivity index (χ3n) is 3.56. The maximum Gasteiger partial charge on any atom is 0.119 e. The number of aliphatic hydroxyl groups excluding tert-OH is 1. The SMILES string of the molecule is CCCOc1ccc(CNC(C)(CC)CCO)cc1. The van der Waals surface area contributed by atoms with Gasteiger partial charge in [0.2, 0.25) is 0 Å². The first-order valence-electron chi connectivity index (χ1n) is 7.21. The van der Waals surface area contributed by atoms with Crippen molar-refractivity contribution < 1.29 is 9.84 Å². The van der Waals surface area contributed by atoms with Crippen LogP contribution in [0.15, 0.2) is 24.3 Å². The average Bonchev–Trinajstić information content (AvgIpc) is 2.44. The lowest BCUT2D eigenvalue weighted by atomic mass is 9.94. The van der Waals surface area contributed by atoms with Crippen LogP contribution in [0.2, 0.25) is 0 Å². The van der Waals surface area contributed by atoms with Gasteiger partial charge in [0, 0.05) is 18.7 Å². The molecule has 0 aliphatic heterocycles. The Hall–Kier alpha value is -1.06. The van der Waals surface area contributed by atoms with Gasteiger partial charge in [-0.1, -0.05) is 26.0 Å². The van der Waals surface area contributed by atoms with Gasteiger partial charge in [-0.15, -0.1) is 0 Å². The van der Waals surface area contributed by atoms with Crippen LogP contribution in [0.4, 0.5) is 0 Å². The van der Waals surface area contributed by atoms with E-state index in [1.165, 1.54) is 5.56 Å². The molecule has 0 radical (unpaired) electrons. The number of hydrogen-bond acceptors (Lipinski definition) is 3. The van der Waals surface area contributed by atoms with Crippen LogP contribution >= 0.6 is 0 Å². The van der Waals surface area contributed by atoms with Crippen LogP contribution in [-0.2, 0) is 6.54 Å². The van der Waals surface area contributed by atoms with Gasteiger partial charge in [0.05, 0.1) is 6.61 Å². The lowest BCUT2D eigenvalue weighted by Gasteiger charge is -2.29. The van der Waals surface area contributed by atoms with E-state index in [2.05, 4.69) is 38.2 Å². The smallest absolute Gasteiger partial charge is 0.119 e. The van der Waals surface area contributed by atoms with E-state index in [1.54, 1.807) is 0 Å². The van der Waals surface area contributed by atoms with E-state index >= 15 is 0 Å². The van der Waals surface area contributed by atoms with E-state index < -0.39 is 0 Å². The molecule has 0 saturated heterocycles. The molecule has 0 heterocycles. The number of aliphatic hydroxyl groups is 1. The standard InChI is InChI=1S/C16H27NO2/c1-4-12-19-15-8-6-14(7-9-15)13-17-16(3,5-2)10-11-18/h6-9,17-18H,4-5,10-13H2,1-3H3. The minimum absolute atomic E-state index is 0.00608. The van der Waals surface area contributed by atoms with E-state index in [9.17, 15) is 0 Å². The summed E-state index contributed by atoms with van der Waals surface area (Å²) in [5, 5.41) is 12.6. The quantitative estimate of drug-likeness (QED) is 0.721. The minimum Gasteiger partial charge on any atom is -0.494 e. The monoisotopic (exact) mass is 265 g/mol. The van der Waals surface area contributed by atoms with Gasteiger partial charge in [0.15, 0.2) is 0 Å². The van der Waals surface area contributed by atoms with Gasteiger partial charge in [-0.05, 0) is 43.9 Å². The molecule has 0 aliphatic carbocycles. The second-order valence-corrected chi connectivity index (χ2v) is 5.23. The van der Waals surface area contributed by atoms with Crippen molar-refractivity contribution in [3.8, 4) is 5.75 Å². The van der Waals surface area contributed by atoms with Gasteiger partial charge in [0.25, 0.3) is 0 Å². The molecule has 0 saturated carbocycles. The maximum atomic E-state index is 9.09. The molecule has 1 aromatic rings. The van der Waals surface area contributed by atoms with Crippen molar-refractivity contribution >= 4 is 0 Å². The zero-order chi connectivity index (χ0) is 14.1. The molecule has 0 spiro atoms. The molecule has 0 fully saturated rings. The van der Waals surface area contributed by atoms with Crippen molar-refractivity contribution in [3.63, 3.8) is 0 Å². The van der Waals surface area contributed by atoms with Gasteiger partial charge < -0.3 is 15.2 Å². The number of nitrogens with one attached hydrogen (secondary N) is 1. The Bertz CT molecular complexity index is 350. The van der Waals surface area contributed by atoms with Gasteiger partial charge in [-0.3, -0.25) is 0 Å². The summed E-state index contributed by atoms with van der Waals surface area (Å²) in [6.45, 7) is 8.21. The van der Waals surface area contributed by atoms with E-state index in [-0.39, 0.29) is 12.1 Å². The van der Waals surface area contributed by atoms with Crippen molar-refractivity contribution in [2.75, 3.05) is 13.2 Å². The average molecular weight is 265 g/mol. The van der Waals surface area contributed by atoms with E-state index in [0.29, 0.717) is 0 Å². The molecule has 2 N–H and O–H groups in total. The second kappa shape index (κ2) is 8.18. The highest BCUT2D eigenvalue weighted by atomic mass is 16.5. The fourth-order valence-corrected chi connectivity index (χ4v) is 1.88. The molecular formula is C16H27NO2. The summed E-state index contributed by atoms with van der Waals surface area (Å²) in [6, 6.07) is 8.21. The largest absolute Gasteiger partial charge is 0.494 e. The summed E-state index contributed by atoms with van der Waals surface area (Å²) in [4.78, 5) is 0. The Balaban J connectivity index is 2.48. The molecule has 1 aromatic carbocycles. The zero-order valence-corrected chi connectivity index (χ0v) is 12.4. The Labute approximate surface area is 117 Å². The lowest BCUT2D eigenvalue weighted by Crippen LogP contribution is -2.42. The van der Waals surface area contributed by atoms with Crippen molar-refractivity contribution in [1.82, 2.24) is 5.32 Å². The topological polar surface area (TPSA) is 41.5 Å². The van der Waals surface area contributed by atoms with Gasteiger partial charge >= 0.3 is 0 Å². The number of ether oxygens (including phenoxy) is 1. The van der Waals surface area contributed by atoms with Gasteiger partial charge in [-0.2, -0.15) is 0 Å². The zero-order valence-electron chi connectivity index (χ0n) is 12.4. The summed E-state index contributed by atoms with van der Waals surface area (Å²) in [5.41, 5.74) is 1.24. The fraction of sp³-hybridized carbons (Fsp3) is 0.625. The highest BCUT2D eigenvalue weighted by Crippen LogP contribution is 2.16. The molecular weight excluding hydrogens is 238 g/mol. The molecule has 0 aromatic heterocycles. The predicted octanol–water partition coefficient (Wildman–Crippen LogP) is 3.12. The van der Waals surface area contributed by atoms with Crippen molar-refractivity contribution in [2.45, 2.75) is 52.1 Å². The maximum absolute atomic E-state index is 9.09.